The summed E-state index contributed by atoms with van der Waals surface area (Å²) >= 11 is 0. The minimum Gasteiger partial charge on any atom is -0.554 e. The predicted molar refractivity (Wildman–Crippen MR) is 69.8 cm³/mol. The van der Waals surface area contributed by atoms with Gasteiger partial charge in [-0.1, -0.05) is 20.8 Å². The molecule has 1 aromatic heterocycles. The van der Waals surface area contributed by atoms with Crippen LogP contribution in [0, 0.1) is 5.41 Å². The third kappa shape index (κ3) is 5.84. The Hall–Kier alpha value is -1.32. The van der Waals surface area contributed by atoms with Gasteiger partial charge in [-0.05, 0) is 32.6 Å². The molecule has 1 aromatic rings. The molecule has 0 N–H and O–H groups in total. The van der Waals surface area contributed by atoms with Crippen LogP contribution in [0.4, 0.5) is 0 Å². The van der Waals surface area contributed by atoms with Crippen molar-refractivity contribution in [2.75, 3.05) is 0 Å². The lowest BCUT2D eigenvalue weighted by molar-refractivity contribution is -0.693. The van der Waals surface area contributed by atoms with Gasteiger partial charge in [0.25, 0.3) is 0 Å². The van der Waals surface area contributed by atoms with Crippen LogP contribution in [0.3, 0.4) is 0 Å². The summed E-state index contributed by atoms with van der Waals surface area (Å²) in [5, 5.41) is 8.25. The molecular formula is C14H26N2O2. The standard InChI is InChI=1S/C13H25N2.CH2O2/c1-7-14-8-9-15(11-14)13(5,6)10-12(2,3)4;2-1-3/h8-9,11H,7,10H2,1-6H3;1H,(H,2,3)/q+1;/p-1. The first-order chi connectivity index (χ1) is 8.16. The van der Waals surface area contributed by atoms with Crippen molar-refractivity contribution >= 4 is 6.47 Å². The van der Waals surface area contributed by atoms with E-state index in [0.29, 0.717) is 5.41 Å². The lowest BCUT2D eigenvalue weighted by Gasteiger charge is -2.29. The van der Waals surface area contributed by atoms with Gasteiger partial charge in [0.15, 0.2) is 0 Å². The maximum absolute atomic E-state index is 8.25. The second kappa shape index (κ2) is 6.57. The molecule has 0 saturated heterocycles. The summed E-state index contributed by atoms with van der Waals surface area (Å²) in [6, 6.07) is 0. The van der Waals surface area contributed by atoms with Gasteiger partial charge in [0.1, 0.15) is 17.9 Å². The van der Waals surface area contributed by atoms with Crippen molar-refractivity contribution in [3.63, 3.8) is 0 Å². The normalized spacial score (nSPS) is 11.7. The van der Waals surface area contributed by atoms with Gasteiger partial charge in [0.05, 0.1) is 6.54 Å². The highest BCUT2D eigenvalue weighted by Crippen LogP contribution is 2.31. The molecule has 1 rings (SSSR count). The van der Waals surface area contributed by atoms with E-state index in [1.165, 1.54) is 6.42 Å². The molecule has 4 nitrogen and oxygen atoms in total. The van der Waals surface area contributed by atoms with Crippen molar-refractivity contribution in [3.8, 4) is 0 Å². The van der Waals surface area contributed by atoms with Crippen molar-refractivity contribution in [2.24, 2.45) is 5.41 Å². The Morgan fingerprint density at radius 3 is 2.11 bits per heavy atom. The highest BCUT2D eigenvalue weighted by molar-refractivity contribution is 5.29. The summed E-state index contributed by atoms with van der Waals surface area (Å²) in [6.45, 7) is 14.2. The zero-order valence-electron chi connectivity index (χ0n) is 12.4. The van der Waals surface area contributed by atoms with Crippen LogP contribution in [0.2, 0.25) is 0 Å². The summed E-state index contributed by atoms with van der Waals surface area (Å²) in [6.07, 6.45) is 7.70. The number of carbonyl (C=O) groups is 1. The Kier molecular flexibility index (Phi) is 6.09. The summed E-state index contributed by atoms with van der Waals surface area (Å²) in [5.41, 5.74) is 0.559. The maximum atomic E-state index is 8.25. The van der Waals surface area contributed by atoms with Crippen LogP contribution in [-0.4, -0.2) is 11.0 Å². The van der Waals surface area contributed by atoms with Gasteiger partial charge in [0.2, 0.25) is 6.33 Å². The maximum Gasteiger partial charge on any atom is 0.244 e. The van der Waals surface area contributed by atoms with Gasteiger partial charge in [-0.3, -0.25) is 0 Å². The zero-order chi connectivity index (χ0) is 14.4. The number of aryl methyl sites for hydroxylation is 1. The van der Waals surface area contributed by atoms with Gasteiger partial charge in [-0.25, -0.2) is 9.13 Å². The van der Waals surface area contributed by atoms with E-state index in [9.17, 15) is 0 Å². The number of carboxylic acid groups (broad SMARTS) is 1. The molecule has 1 heterocycles. The van der Waals surface area contributed by atoms with E-state index in [2.05, 4.69) is 69.4 Å². The first-order valence-corrected chi connectivity index (χ1v) is 6.29. The van der Waals surface area contributed by atoms with Gasteiger partial charge < -0.3 is 9.90 Å². The number of carbonyl (C=O) groups excluding carboxylic acids is 1. The van der Waals surface area contributed by atoms with E-state index in [0.717, 1.165) is 6.54 Å². The molecule has 0 radical (unpaired) electrons. The second-order valence-electron chi connectivity index (χ2n) is 6.30. The van der Waals surface area contributed by atoms with Crippen LogP contribution >= 0.6 is 0 Å². The van der Waals surface area contributed by atoms with Crippen molar-refractivity contribution in [1.29, 1.82) is 0 Å². The van der Waals surface area contributed by atoms with Crippen LogP contribution in [0.15, 0.2) is 18.7 Å². The molecule has 18 heavy (non-hydrogen) atoms. The molecule has 0 aromatic carbocycles. The summed E-state index contributed by atoms with van der Waals surface area (Å²) in [7, 11) is 0. The molecule has 0 fully saturated rings. The number of nitrogens with zero attached hydrogens (tertiary/aromatic N) is 2. The number of hydrogen-bond donors (Lipinski definition) is 0. The van der Waals surface area contributed by atoms with E-state index in [1.54, 1.807) is 0 Å². The lowest BCUT2D eigenvalue weighted by atomic mass is 9.82. The predicted octanol–water partition coefficient (Wildman–Crippen LogP) is 1.33. The fourth-order valence-corrected chi connectivity index (χ4v) is 2.33. The topological polar surface area (TPSA) is 48.9 Å². The molecule has 0 aliphatic carbocycles. The molecule has 0 unspecified atom stereocenters. The van der Waals surface area contributed by atoms with E-state index in [1.807, 2.05) is 0 Å². The van der Waals surface area contributed by atoms with Crippen LogP contribution < -0.4 is 9.67 Å². The van der Waals surface area contributed by atoms with Crippen molar-refractivity contribution in [2.45, 2.75) is 60.0 Å². The van der Waals surface area contributed by atoms with Crippen molar-refractivity contribution in [1.82, 2.24) is 4.57 Å². The lowest BCUT2D eigenvalue weighted by Crippen LogP contribution is -2.34. The number of rotatable bonds is 3. The molecule has 0 atom stereocenters. The Morgan fingerprint density at radius 2 is 1.78 bits per heavy atom. The largest absolute Gasteiger partial charge is 0.554 e. The van der Waals surface area contributed by atoms with Gasteiger partial charge in [-0.15, -0.1) is 0 Å². The van der Waals surface area contributed by atoms with E-state index < -0.39 is 6.47 Å². The van der Waals surface area contributed by atoms with Crippen LogP contribution in [0.5, 0.6) is 0 Å². The Labute approximate surface area is 110 Å². The smallest absolute Gasteiger partial charge is 0.244 e. The summed E-state index contributed by atoms with van der Waals surface area (Å²) < 4.78 is 4.53. The SMILES string of the molecule is CC[n+]1ccn(C(C)(C)CC(C)(C)C)c1.O=C[O-]. The first-order valence-electron chi connectivity index (χ1n) is 6.29. The van der Waals surface area contributed by atoms with Crippen molar-refractivity contribution < 1.29 is 14.5 Å². The monoisotopic (exact) mass is 254 g/mol. The molecule has 0 aliphatic heterocycles. The van der Waals surface area contributed by atoms with E-state index >= 15 is 0 Å². The van der Waals surface area contributed by atoms with Crippen LogP contribution in [-0.2, 0) is 16.9 Å². The third-order valence-corrected chi connectivity index (χ3v) is 2.72. The zero-order valence-corrected chi connectivity index (χ0v) is 12.4. The minimum absolute atomic E-state index is 0.193. The molecule has 0 spiro atoms. The van der Waals surface area contributed by atoms with Gasteiger partial charge in [-0.2, -0.15) is 0 Å². The Morgan fingerprint density at radius 1 is 1.28 bits per heavy atom. The molecule has 0 bridgehead atoms. The molecule has 104 valence electrons. The molecule has 0 saturated carbocycles. The van der Waals surface area contributed by atoms with Gasteiger partial charge in [0, 0.05) is 6.47 Å². The van der Waals surface area contributed by atoms with Crippen LogP contribution in [0.25, 0.3) is 0 Å². The molecule has 4 heteroatoms. The average molecular weight is 254 g/mol. The number of imidazole rings is 1. The van der Waals surface area contributed by atoms with Crippen LogP contribution in [0.1, 0.15) is 48.0 Å². The quantitative estimate of drug-likeness (QED) is 0.603. The minimum atomic E-state index is -0.500. The Bertz CT molecular complexity index is 362. The van der Waals surface area contributed by atoms with Crippen molar-refractivity contribution in [3.05, 3.63) is 18.7 Å². The average Bonchev–Trinajstić information content (AvgIpc) is 2.63. The molecule has 0 aliphatic rings. The Balaban J connectivity index is 0.000000873. The molecule has 0 amide bonds. The molecular weight excluding hydrogens is 228 g/mol. The number of hydrogen-bond acceptors (Lipinski definition) is 2. The highest BCUT2D eigenvalue weighted by atomic mass is 16.3. The fraction of sp³-hybridized carbons (Fsp3) is 0.714. The summed E-state index contributed by atoms with van der Waals surface area (Å²) in [5.74, 6) is 0. The van der Waals surface area contributed by atoms with E-state index in [-0.39, 0.29) is 5.54 Å². The highest BCUT2D eigenvalue weighted by Gasteiger charge is 2.31. The third-order valence-electron chi connectivity index (χ3n) is 2.72. The van der Waals surface area contributed by atoms with E-state index in [4.69, 9.17) is 9.90 Å². The number of aromatic nitrogens is 2. The second-order valence-corrected chi connectivity index (χ2v) is 6.30. The fourth-order valence-electron chi connectivity index (χ4n) is 2.33. The summed E-state index contributed by atoms with van der Waals surface area (Å²) in [4.78, 5) is 8.25. The van der Waals surface area contributed by atoms with Gasteiger partial charge >= 0.3 is 0 Å². The first kappa shape index (κ1) is 16.7.